The summed E-state index contributed by atoms with van der Waals surface area (Å²) in [4.78, 5) is 13.9. The number of carbonyl (C=O) groups is 1. The van der Waals surface area contributed by atoms with Crippen LogP contribution < -0.4 is 5.32 Å². The van der Waals surface area contributed by atoms with Crippen molar-refractivity contribution in [3.05, 3.63) is 35.6 Å². The molecule has 4 nitrogen and oxygen atoms in total. The van der Waals surface area contributed by atoms with Crippen LogP contribution in [0.5, 0.6) is 0 Å². The maximum absolute atomic E-state index is 12.9. The third-order valence-electron chi connectivity index (χ3n) is 4.47. The molecule has 2 unspecified atom stereocenters. The Morgan fingerprint density at radius 1 is 1.36 bits per heavy atom. The van der Waals surface area contributed by atoms with E-state index in [2.05, 4.69) is 5.32 Å². The first kappa shape index (κ1) is 16.7. The minimum absolute atomic E-state index is 0.0240. The fraction of sp³-hybridized carbons (Fsp3) is 0.588. The highest BCUT2D eigenvalue weighted by atomic mass is 19.1. The van der Waals surface area contributed by atoms with Crippen LogP contribution in [0.1, 0.15) is 44.8 Å². The van der Waals surface area contributed by atoms with Crippen LogP contribution in [0.15, 0.2) is 24.3 Å². The van der Waals surface area contributed by atoms with Crippen LogP contribution in [-0.4, -0.2) is 35.2 Å². The topological polar surface area (TPSA) is 52.6 Å². The lowest BCUT2D eigenvalue weighted by molar-refractivity contribution is 0.0661. The van der Waals surface area contributed by atoms with Crippen molar-refractivity contribution < 1.29 is 14.3 Å². The zero-order valence-corrected chi connectivity index (χ0v) is 13.3. The largest absolute Gasteiger partial charge is 0.388 e. The molecule has 1 aliphatic heterocycles. The zero-order valence-electron chi connectivity index (χ0n) is 13.3. The van der Waals surface area contributed by atoms with Crippen molar-refractivity contribution in [2.75, 3.05) is 13.1 Å². The number of likely N-dealkylation sites (tertiary alicyclic amines) is 1. The third kappa shape index (κ3) is 4.19. The molecule has 0 saturated carbocycles. The van der Waals surface area contributed by atoms with Gasteiger partial charge in [-0.15, -0.1) is 0 Å². The van der Waals surface area contributed by atoms with Gasteiger partial charge in [0.1, 0.15) is 5.82 Å². The zero-order chi connectivity index (χ0) is 16.1. The predicted octanol–water partition coefficient (Wildman–Crippen LogP) is 3.08. The summed E-state index contributed by atoms with van der Waals surface area (Å²) in [7, 11) is 0. The van der Waals surface area contributed by atoms with Crippen molar-refractivity contribution in [2.24, 2.45) is 5.92 Å². The molecule has 2 atom stereocenters. The SMILES string of the molecule is CCC(C)NC(=O)N1CCC(C(O)c2ccc(F)cc2)CC1. The Morgan fingerprint density at radius 2 is 1.95 bits per heavy atom. The number of aliphatic hydroxyl groups excluding tert-OH is 1. The number of nitrogens with one attached hydrogen (secondary N) is 1. The number of carbonyl (C=O) groups excluding carboxylic acids is 1. The molecule has 22 heavy (non-hydrogen) atoms. The summed E-state index contributed by atoms with van der Waals surface area (Å²) in [5.74, 6) is -0.189. The highest BCUT2D eigenvalue weighted by Gasteiger charge is 2.28. The molecule has 1 aliphatic rings. The number of urea groups is 1. The molecule has 2 rings (SSSR count). The Morgan fingerprint density at radius 3 is 2.50 bits per heavy atom. The van der Waals surface area contributed by atoms with Crippen molar-refractivity contribution in [3.63, 3.8) is 0 Å². The predicted molar refractivity (Wildman–Crippen MR) is 83.9 cm³/mol. The first-order valence-electron chi connectivity index (χ1n) is 8.00. The molecule has 0 aliphatic carbocycles. The lowest BCUT2D eigenvalue weighted by atomic mass is 9.87. The Balaban J connectivity index is 1.86. The summed E-state index contributed by atoms with van der Waals surface area (Å²) in [5.41, 5.74) is 0.740. The second-order valence-corrected chi connectivity index (χ2v) is 6.08. The first-order chi connectivity index (χ1) is 10.5. The monoisotopic (exact) mass is 308 g/mol. The summed E-state index contributed by atoms with van der Waals surface area (Å²) < 4.78 is 12.9. The quantitative estimate of drug-likeness (QED) is 0.898. The minimum Gasteiger partial charge on any atom is -0.388 e. The van der Waals surface area contributed by atoms with Gasteiger partial charge in [0.25, 0.3) is 0 Å². The van der Waals surface area contributed by atoms with Crippen LogP contribution in [0, 0.1) is 11.7 Å². The maximum Gasteiger partial charge on any atom is 0.317 e. The molecule has 0 radical (unpaired) electrons. The molecule has 0 aromatic heterocycles. The molecule has 1 aromatic carbocycles. The minimum atomic E-state index is -0.597. The second-order valence-electron chi connectivity index (χ2n) is 6.08. The van der Waals surface area contributed by atoms with Crippen LogP contribution in [0.2, 0.25) is 0 Å². The van der Waals surface area contributed by atoms with Gasteiger partial charge in [0.05, 0.1) is 6.10 Å². The number of hydrogen-bond donors (Lipinski definition) is 2. The van der Waals surface area contributed by atoms with E-state index < -0.39 is 6.10 Å². The highest BCUT2D eigenvalue weighted by Crippen LogP contribution is 2.30. The molecular weight excluding hydrogens is 283 g/mol. The van der Waals surface area contributed by atoms with E-state index in [1.54, 1.807) is 17.0 Å². The van der Waals surface area contributed by atoms with E-state index in [1.165, 1.54) is 12.1 Å². The van der Waals surface area contributed by atoms with E-state index >= 15 is 0 Å². The van der Waals surface area contributed by atoms with Crippen molar-refractivity contribution in [3.8, 4) is 0 Å². The standard InChI is InChI=1S/C17H25FN2O2/c1-3-12(2)19-17(22)20-10-8-14(9-11-20)16(21)13-4-6-15(18)7-5-13/h4-7,12,14,16,21H,3,8-11H2,1-2H3,(H,19,22). The van der Waals surface area contributed by atoms with Gasteiger partial charge in [-0.05, 0) is 49.8 Å². The molecule has 122 valence electrons. The van der Waals surface area contributed by atoms with Gasteiger partial charge in [-0.2, -0.15) is 0 Å². The summed E-state index contributed by atoms with van der Waals surface area (Å²) in [6.45, 7) is 5.32. The van der Waals surface area contributed by atoms with Gasteiger partial charge in [0, 0.05) is 19.1 Å². The van der Waals surface area contributed by atoms with Crippen molar-refractivity contribution in [1.29, 1.82) is 0 Å². The van der Waals surface area contributed by atoms with E-state index in [0.717, 1.165) is 24.8 Å². The van der Waals surface area contributed by atoms with E-state index in [-0.39, 0.29) is 23.8 Å². The number of benzene rings is 1. The molecule has 1 heterocycles. The number of nitrogens with zero attached hydrogens (tertiary/aromatic N) is 1. The first-order valence-corrected chi connectivity index (χ1v) is 8.00. The van der Waals surface area contributed by atoms with E-state index in [4.69, 9.17) is 0 Å². The number of halogens is 1. The fourth-order valence-corrected chi connectivity index (χ4v) is 2.75. The second kappa shape index (κ2) is 7.58. The van der Waals surface area contributed by atoms with E-state index in [1.807, 2.05) is 13.8 Å². The fourth-order valence-electron chi connectivity index (χ4n) is 2.75. The summed E-state index contributed by atoms with van der Waals surface area (Å²) in [6, 6.07) is 6.14. The third-order valence-corrected chi connectivity index (χ3v) is 4.47. The molecule has 0 spiro atoms. The van der Waals surface area contributed by atoms with Crippen molar-refractivity contribution in [1.82, 2.24) is 10.2 Å². The lowest BCUT2D eigenvalue weighted by Crippen LogP contribution is -2.47. The van der Waals surface area contributed by atoms with Crippen LogP contribution in [0.25, 0.3) is 0 Å². The van der Waals surface area contributed by atoms with Crippen LogP contribution in [-0.2, 0) is 0 Å². The smallest absolute Gasteiger partial charge is 0.317 e. The Bertz CT molecular complexity index is 484. The number of amides is 2. The molecule has 2 amide bonds. The normalized spacial score (nSPS) is 18.8. The Labute approximate surface area is 131 Å². The molecule has 1 aromatic rings. The van der Waals surface area contributed by atoms with Crippen LogP contribution >= 0.6 is 0 Å². The van der Waals surface area contributed by atoms with Crippen LogP contribution in [0.3, 0.4) is 0 Å². The van der Waals surface area contributed by atoms with E-state index in [9.17, 15) is 14.3 Å². The Kier molecular flexibility index (Phi) is 5.77. The van der Waals surface area contributed by atoms with Gasteiger partial charge in [-0.25, -0.2) is 9.18 Å². The number of rotatable bonds is 4. The van der Waals surface area contributed by atoms with Gasteiger partial charge < -0.3 is 15.3 Å². The van der Waals surface area contributed by atoms with Gasteiger partial charge in [0.15, 0.2) is 0 Å². The molecule has 5 heteroatoms. The number of piperidine rings is 1. The van der Waals surface area contributed by atoms with Gasteiger partial charge in [-0.1, -0.05) is 19.1 Å². The highest BCUT2D eigenvalue weighted by molar-refractivity contribution is 5.74. The molecule has 1 fully saturated rings. The lowest BCUT2D eigenvalue weighted by Gasteiger charge is -2.35. The molecule has 1 saturated heterocycles. The van der Waals surface area contributed by atoms with Gasteiger partial charge in [0.2, 0.25) is 0 Å². The number of hydrogen-bond acceptors (Lipinski definition) is 2. The van der Waals surface area contributed by atoms with E-state index in [0.29, 0.717) is 13.1 Å². The summed E-state index contributed by atoms with van der Waals surface area (Å²) in [5, 5.41) is 13.4. The number of aliphatic hydroxyl groups is 1. The average molecular weight is 308 g/mol. The summed E-state index contributed by atoms with van der Waals surface area (Å²) >= 11 is 0. The van der Waals surface area contributed by atoms with Gasteiger partial charge >= 0.3 is 6.03 Å². The Hall–Kier alpha value is -1.62. The van der Waals surface area contributed by atoms with Crippen LogP contribution in [0.4, 0.5) is 9.18 Å². The van der Waals surface area contributed by atoms with Crippen molar-refractivity contribution >= 4 is 6.03 Å². The average Bonchev–Trinajstić information content (AvgIpc) is 2.55. The van der Waals surface area contributed by atoms with Gasteiger partial charge in [-0.3, -0.25) is 0 Å². The maximum atomic E-state index is 12.9. The van der Waals surface area contributed by atoms with Crippen molar-refractivity contribution in [2.45, 2.75) is 45.3 Å². The molecule has 0 bridgehead atoms. The molecule has 2 N–H and O–H groups in total. The molecular formula is C17H25FN2O2. The summed E-state index contributed by atoms with van der Waals surface area (Å²) in [6.07, 6.45) is 1.82.